The number of benzene rings is 1. The molecule has 0 amide bonds. The highest BCUT2D eigenvalue weighted by Gasteiger charge is 2.33. The lowest BCUT2D eigenvalue weighted by Gasteiger charge is -2.31. The lowest BCUT2D eigenvalue weighted by Crippen LogP contribution is -2.34. The molecule has 1 aromatic carbocycles. The van der Waals surface area contributed by atoms with E-state index in [4.69, 9.17) is 10.5 Å². The molecule has 0 aliphatic heterocycles. The van der Waals surface area contributed by atoms with Gasteiger partial charge in [0.05, 0.1) is 24.8 Å². The van der Waals surface area contributed by atoms with Crippen molar-refractivity contribution in [1.29, 1.82) is 0 Å². The zero-order valence-corrected chi connectivity index (χ0v) is 13.8. The van der Waals surface area contributed by atoms with Crippen molar-refractivity contribution in [3.8, 4) is 5.75 Å². The SMILES string of the molecule is COc1cc(C(F)(F)F)ccc1[C@@H](N)[C@@H](O)C1CCCCC1.Cl. The van der Waals surface area contributed by atoms with Crippen LogP contribution >= 0.6 is 12.4 Å². The van der Waals surface area contributed by atoms with Crippen LogP contribution in [0.1, 0.15) is 49.3 Å². The smallest absolute Gasteiger partial charge is 0.416 e. The summed E-state index contributed by atoms with van der Waals surface area (Å²) in [6.07, 6.45) is -0.141. The van der Waals surface area contributed by atoms with Crippen LogP contribution in [0.15, 0.2) is 18.2 Å². The monoisotopic (exact) mass is 353 g/mol. The minimum atomic E-state index is -4.43. The maximum atomic E-state index is 12.8. The zero-order chi connectivity index (χ0) is 16.3. The first-order valence-corrected chi connectivity index (χ1v) is 7.53. The van der Waals surface area contributed by atoms with E-state index in [2.05, 4.69) is 0 Å². The Morgan fingerprint density at radius 1 is 1.22 bits per heavy atom. The third-order valence-corrected chi connectivity index (χ3v) is 4.42. The summed E-state index contributed by atoms with van der Waals surface area (Å²) >= 11 is 0. The van der Waals surface area contributed by atoms with Gasteiger partial charge in [0.1, 0.15) is 5.75 Å². The van der Waals surface area contributed by atoms with Crippen LogP contribution in [0.2, 0.25) is 0 Å². The Hall–Kier alpha value is -0.980. The van der Waals surface area contributed by atoms with Gasteiger partial charge in [0, 0.05) is 5.56 Å². The molecule has 1 aromatic rings. The van der Waals surface area contributed by atoms with Gasteiger partial charge in [-0.25, -0.2) is 0 Å². The average Bonchev–Trinajstić information content (AvgIpc) is 2.52. The first-order chi connectivity index (χ1) is 10.3. The Balaban J connectivity index is 0.00000264. The number of rotatable bonds is 4. The zero-order valence-electron chi connectivity index (χ0n) is 13.0. The van der Waals surface area contributed by atoms with Crippen LogP contribution in [0, 0.1) is 5.92 Å². The Bertz CT molecular complexity index is 505. The molecule has 0 aromatic heterocycles. The van der Waals surface area contributed by atoms with Crippen molar-refractivity contribution in [2.24, 2.45) is 11.7 Å². The normalized spacial score (nSPS) is 18.9. The third kappa shape index (κ3) is 4.75. The van der Waals surface area contributed by atoms with Gasteiger partial charge in [0.2, 0.25) is 0 Å². The van der Waals surface area contributed by atoms with Crippen molar-refractivity contribution in [3.63, 3.8) is 0 Å². The molecule has 0 radical (unpaired) electrons. The molecule has 3 nitrogen and oxygen atoms in total. The Morgan fingerprint density at radius 3 is 2.35 bits per heavy atom. The van der Waals surface area contributed by atoms with E-state index in [1.165, 1.54) is 13.2 Å². The number of alkyl halides is 3. The second kappa shape index (κ2) is 8.22. The second-order valence-electron chi connectivity index (χ2n) is 5.87. The predicted octanol–water partition coefficient (Wildman–Crippen LogP) is 4.08. The van der Waals surface area contributed by atoms with Crippen molar-refractivity contribution in [2.75, 3.05) is 7.11 Å². The number of methoxy groups -OCH3 is 1. The van der Waals surface area contributed by atoms with Gasteiger partial charge in [-0.2, -0.15) is 13.2 Å². The number of hydrogen-bond donors (Lipinski definition) is 2. The van der Waals surface area contributed by atoms with E-state index in [0.717, 1.165) is 44.2 Å². The Morgan fingerprint density at radius 2 is 1.83 bits per heavy atom. The van der Waals surface area contributed by atoms with Crippen LogP contribution in [0.5, 0.6) is 5.75 Å². The fourth-order valence-electron chi connectivity index (χ4n) is 3.12. The number of aliphatic hydroxyl groups excluding tert-OH is 1. The van der Waals surface area contributed by atoms with E-state index in [1.54, 1.807) is 0 Å². The topological polar surface area (TPSA) is 55.5 Å². The molecule has 1 fully saturated rings. The van der Waals surface area contributed by atoms with Crippen LogP contribution in [-0.4, -0.2) is 18.3 Å². The highest BCUT2D eigenvalue weighted by atomic mass is 35.5. The molecule has 1 aliphatic carbocycles. The molecule has 1 aliphatic rings. The number of ether oxygens (including phenoxy) is 1. The van der Waals surface area contributed by atoms with E-state index < -0.39 is 23.9 Å². The standard InChI is InChI=1S/C16H22F3NO2.ClH/c1-22-13-9-11(16(17,18)19)7-8-12(13)14(20)15(21)10-5-3-2-4-6-10;/h7-10,14-15,21H,2-6,20H2,1H3;1H/t14-,15+;/m1./s1. The maximum absolute atomic E-state index is 12.8. The molecule has 0 unspecified atom stereocenters. The minimum absolute atomic E-state index is 0. The van der Waals surface area contributed by atoms with Crippen molar-refractivity contribution in [1.82, 2.24) is 0 Å². The lowest BCUT2D eigenvalue weighted by atomic mass is 9.81. The molecule has 1 saturated carbocycles. The molecular weight excluding hydrogens is 331 g/mol. The van der Waals surface area contributed by atoms with Crippen LogP contribution in [-0.2, 0) is 6.18 Å². The van der Waals surface area contributed by atoms with Crippen LogP contribution in [0.25, 0.3) is 0 Å². The summed E-state index contributed by atoms with van der Waals surface area (Å²) in [5.41, 5.74) is 5.72. The quantitative estimate of drug-likeness (QED) is 0.857. The van der Waals surface area contributed by atoms with Gasteiger partial charge in [-0.15, -0.1) is 12.4 Å². The molecule has 0 saturated heterocycles. The number of nitrogens with two attached hydrogens (primary N) is 1. The van der Waals surface area contributed by atoms with E-state index in [0.29, 0.717) is 5.56 Å². The van der Waals surface area contributed by atoms with E-state index >= 15 is 0 Å². The van der Waals surface area contributed by atoms with Crippen molar-refractivity contribution in [3.05, 3.63) is 29.3 Å². The molecule has 132 valence electrons. The molecule has 23 heavy (non-hydrogen) atoms. The van der Waals surface area contributed by atoms with Gasteiger partial charge in [-0.1, -0.05) is 25.3 Å². The number of aliphatic hydroxyl groups is 1. The maximum Gasteiger partial charge on any atom is 0.416 e. The van der Waals surface area contributed by atoms with Crippen molar-refractivity contribution in [2.45, 2.75) is 50.4 Å². The first kappa shape index (κ1) is 20.1. The van der Waals surface area contributed by atoms with Crippen molar-refractivity contribution < 1.29 is 23.0 Å². The molecule has 7 heteroatoms. The van der Waals surface area contributed by atoms with Gasteiger partial charge in [-0.05, 0) is 30.9 Å². The summed E-state index contributed by atoms with van der Waals surface area (Å²) in [7, 11) is 1.30. The van der Waals surface area contributed by atoms with E-state index in [9.17, 15) is 18.3 Å². The number of halogens is 4. The predicted molar refractivity (Wildman–Crippen MR) is 84.8 cm³/mol. The van der Waals surface area contributed by atoms with Gasteiger partial charge in [0.15, 0.2) is 0 Å². The van der Waals surface area contributed by atoms with Crippen LogP contribution in [0.3, 0.4) is 0 Å². The van der Waals surface area contributed by atoms with Gasteiger partial charge < -0.3 is 15.6 Å². The van der Waals surface area contributed by atoms with Crippen LogP contribution < -0.4 is 10.5 Å². The molecule has 0 bridgehead atoms. The number of hydrogen-bond acceptors (Lipinski definition) is 3. The molecule has 0 spiro atoms. The molecule has 3 N–H and O–H groups in total. The lowest BCUT2D eigenvalue weighted by molar-refractivity contribution is -0.137. The van der Waals surface area contributed by atoms with Crippen molar-refractivity contribution >= 4 is 12.4 Å². The fourth-order valence-corrected chi connectivity index (χ4v) is 3.12. The fraction of sp³-hybridized carbons (Fsp3) is 0.625. The molecule has 2 rings (SSSR count). The van der Waals surface area contributed by atoms with E-state index in [1.807, 2.05) is 0 Å². The summed E-state index contributed by atoms with van der Waals surface area (Å²) in [6, 6.07) is 2.47. The molecule has 0 heterocycles. The average molecular weight is 354 g/mol. The largest absolute Gasteiger partial charge is 0.496 e. The summed E-state index contributed by atoms with van der Waals surface area (Å²) in [4.78, 5) is 0. The minimum Gasteiger partial charge on any atom is -0.496 e. The van der Waals surface area contributed by atoms with E-state index in [-0.39, 0.29) is 24.1 Å². The summed E-state index contributed by atoms with van der Waals surface area (Å²) in [5.74, 6) is 0.160. The Kier molecular flexibility index (Phi) is 7.17. The first-order valence-electron chi connectivity index (χ1n) is 7.53. The summed E-state index contributed by atoms with van der Waals surface area (Å²) in [6.45, 7) is 0. The second-order valence-corrected chi connectivity index (χ2v) is 5.87. The van der Waals surface area contributed by atoms with Gasteiger partial charge >= 0.3 is 6.18 Å². The highest BCUT2D eigenvalue weighted by molar-refractivity contribution is 5.85. The third-order valence-electron chi connectivity index (χ3n) is 4.42. The summed E-state index contributed by atoms with van der Waals surface area (Å²) < 4.78 is 43.3. The van der Waals surface area contributed by atoms with Crippen LogP contribution in [0.4, 0.5) is 13.2 Å². The highest BCUT2D eigenvalue weighted by Crippen LogP contribution is 2.37. The molecule has 2 atom stereocenters. The Labute approximate surface area is 140 Å². The summed E-state index contributed by atoms with van der Waals surface area (Å²) in [5, 5.41) is 10.4. The van der Waals surface area contributed by atoms with Gasteiger partial charge in [0.25, 0.3) is 0 Å². The molecular formula is C16H23ClF3NO2. The van der Waals surface area contributed by atoms with Gasteiger partial charge in [-0.3, -0.25) is 0 Å².